The number of carbonyl (C=O) groups excluding carboxylic acids is 3. The Morgan fingerprint density at radius 2 is 1.00 bits per heavy atom. The van der Waals surface area contributed by atoms with Crippen LogP contribution >= 0.6 is 7.26 Å². The van der Waals surface area contributed by atoms with E-state index in [0.717, 1.165) is 15.9 Å². The maximum absolute atomic E-state index is 14.1. The number of amides is 2. The summed E-state index contributed by atoms with van der Waals surface area (Å²) in [5.74, 6) is -0.603. The third-order valence-electron chi connectivity index (χ3n) is 6.47. The molecular formula is C30H25BrNO3P. The fourth-order valence-electron chi connectivity index (χ4n) is 4.82. The van der Waals surface area contributed by atoms with Gasteiger partial charge in [0.25, 0.3) is 0 Å². The smallest absolute Gasteiger partial charge is 0.234 e. The Morgan fingerprint density at radius 1 is 0.611 bits per heavy atom. The Balaban J connectivity index is 0.00000304. The number of para-hydroxylation sites is 1. The molecule has 2 amide bonds. The van der Waals surface area contributed by atoms with E-state index in [1.165, 1.54) is 4.90 Å². The van der Waals surface area contributed by atoms with Crippen LogP contribution in [0.15, 0.2) is 115 Å². The van der Waals surface area contributed by atoms with E-state index < -0.39 is 7.26 Å². The van der Waals surface area contributed by atoms with Gasteiger partial charge < -0.3 is 17.0 Å². The highest BCUT2D eigenvalue weighted by atomic mass is 79.9. The lowest BCUT2D eigenvalue weighted by molar-refractivity contribution is -0.121. The molecule has 0 bridgehead atoms. The second-order valence-corrected chi connectivity index (χ2v) is 12.0. The second kappa shape index (κ2) is 11.1. The molecular weight excluding hydrogens is 533 g/mol. The van der Waals surface area contributed by atoms with E-state index in [2.05, 4.69) is 36.4 Å². The Labute approximate surface area is 222 Å². The maximum atomic E-state index is 14.1. The van der Waals surface area contributed by atoms with Gasteiger partial charge in [-0.3, -0.25) is 14.4 Å². The molecule has 5 rings (SSSR count). The first-order valence-corrected chi connectivity index (χ1v) is 13.6. The molecule has 4 aromatic carbocycles. The van der Waals surface area contributed by atoms with Crippen molar-refractivity contribution in [1.29, 1.82) is 0 Å². The monoisotopic (exact) mass is 557 g/mol. The average Bonchev–Trinajstić information content (AvgIpc) is 3.26. The number of hydrogen-bond acceptors (Lipinski definition) is 3. The van der Waals surface area contributed by atoms with Crippen molar-refractivity contribution < 1.29 is 31.4 Å². The van der Waals surface area contributed by atoms with Gasteiger partial charge in [-0.25, -0.2) is 4.90 Å². The Morgan fingerprint density at radius 3 is 1.44 bits per heavy atom. The lowest BCUT2D eigenvalue weighted by Crippen LogP contribution is -3.00. The van der Waals surface area contributed by atoms with Gasteiger partial charge in [-0.1, -0.05) is 66.7 Å². The molecule has 6 heteroatoms. The van der Waals surface area contributed by atoms with Crippen LogP contribution in [0, 0.1) is 0 Å². The second-order valence-electron chi connectivity index (χ2n) is 8.54. The number of hydrogen-bond donors (Lipinski definition) is 0. The van der Waals surface area contributed by atoms with Crippen molar-refractivity contribution in [3.8, 4) is 0 Å². The largest absolute Gasteiger partial charge is 1.00 e. The summed E-state index contributed by atoms with van der Waals surface area (Å²) < 4.78 is 0. The van der Waals surface area contributed by atoms with Gasteiger partial charge in [-0.15, -0.1) is 0 Å². The molecule has 0 spiro atoms. The van der Waals surface area contributed by atoms with Gasteiger partial charge in [0.15, 0.2) is 0 Å². The van der Waals surface area contributed by atoms with Crippen molar-refractivity contribution >= 4 is 46.5 Å². The highest BCUT2D eigenvalue weighted by Crippen LogP contribution is 2.55. The van der Waals surface area contributed by atoms with E-state index in [9.17, 15) is 14.4 Å². The molecule has 4 nitrogen and oxygen atoms in total. The first-order chi connectivity index (χ1) is 17.1. The number of halogens is 1. The summed E-state index contributed by atoms with van der Waals surface area (Å²) in [6.45, 7) is 0. The summed E-state index contributed by atoms with van der Waals surface area (Å²) in [6.07, 6.45) is 0.602. The molecule has 1 saturated heterocycles. The highest BCUT2D eigenvalue weighted by molar-refractivity contribution is 7.96. The zero-order chi connectivity index (χ0) is 24.3. The summed E-state index contributed by atoms with van der Waals surface area (Å²) in [7, 11) is -2.39. The minimum atomic E-state index is -2.39. The maximum Gasteiger partial charge on any atom is 0.234 e. The van der Waals surface area contributed by atoms with Crippen molar-refractivity contribution in [2.75, 3.05) is 11.1 Å². The molecule has 0 atom stereocenters. The minimum Gasteiger partial charge on any atom is -1.00 e. The first-order valence-electron chi connectivity index (χ1n) is 11.6. The van der Waals surface area contributed by atoms with E-state index in [4.69, 9.17) is 0 Å². The van der Waals surface area contributed by atoms with Crippen molar-refractivity contribution in [2.24, 2.45) is 0 Å². The molecule has 0 unspecified atom stereocenters. The van der Waals surface area contributed by atoms with Gasteiger partial charge in [-0.2, -0.15) is 0 Å². The van der Waals surface area contributed by atoms with Crippen LogP contribution in [0.3, 0.4) is 0 Å². The fraction of sp³-hybridized carbons (Fsp3) is 0.100. The fourth-order valence-corrected chi connectivity index (χ4v) is 8.91. The molecule has 1 aliphatic rings. The number of Topliss-reactive ketones (excluding diaryl/α,β-unsaturated/α-hetero) is 1. The summed E-state index contributed by atoms with van der Waals surface area (Å²) >= 11 is 0. The Bertz CT molecular complexity index is 1260. The number of ketones is 1. The van der Waals surface area contributed by atoms with E-state index >= 15 is 0 Å². The Hall–Kier alpha value is -3.40. The van der Waals surface area contributed by atoms with Crippen LogP contribution in [-0.2, 0) is 9.59 Å². The summed E-state index contributed by atoms with van der Waals surface area (Å²) in [6, 6.07) is 37.6. The third kappa shape index (κ3) is 4.69. The van der Waals surface area contributed by atoms with Crippen molar-refractivity contribution in [3.63, 3.8) is 0 Å². The van der Waals surface area contributed by atoms with Crippen molar-refractivity contribution in [2.45, 2.75) is 12.8 Å². The van der Waals surface area contributed by atoms with E-state index in [0.29, 0.717) is 11.3 Å². The van der Waals surface area contributed by atoms with Crippen LogP contribution in [0.1, 0.15) is 23.2 Å². The number of nitrogens with zero attached hydrogens (tertiary/aromatic N) is 1. The molecule has 1 aliphatic heterocycles. The van der Waals surface area contributed by atoms with Crippen LogP contribution in [0.25, 0.3) is 0 Å². The quantitative estimate of drug-likeness (QED) is 0.197. The molecule has 0 N–H and O–H groups in total. The SMILES string of the molecule is O=C(C[P+](c1ccccc1)(c1ccccc1)c1ccccc1)c1ccccc1N1C(=O)CCC1=O.[Br-]. The Kier molecular flexibility index (Phi) is 7.93. The van der Waals surface area contributed by atoms with Crippen LogP contribution in [-0.4, -0.2) is 23.8 Å². The minimum absolute atomic E-state index is 0. The molecule has 0 radical (unpaired) electrons. The average molecular weight is 558 g/mol. The van der Waals surface area contributed by atoms with E-state index in [-0.39, 0.29) is 53.6 Å². The lowest BCUT2D eigenvalue weighted by atomic mass is 10.1. The zero-order valence-corrected chi connectivity index (χ0v) is 22.1. The summed E-state index contributed by atoms with van der Waals surface area (Å²) in [5, 5.41) is 3.32. The molecule has 180 valence electrons. The van der Waals surface area contributed by atoms with Gasteiger partial charge in [-0.05, 0) is 48.5 Å². The van der Waals surface area contributed by atoms with Gasteiger partial charge in [0.05, 0.1) is 5.69 Å². The standard InChI is InChI=1S/C30H25NO3P.BrH/c32-28(26-18-10-11-19-27(26)31-29(33)20-21-30(31)34)22-35(23-12-4-1-5-13-23,24-14-6-2-7-15-24)25-16-8-3-9-17-25;/h1-19H,20-22H2;1H/q+1;/p-1. The third-order valence-corrected chi connectivity index (χ3v) is 10.8. The number of carbonyl (C=O) groups is 3. The van der Waals surface area contributed by atoms with E-state index in [1.807, 2.05) is 54.6 Å². The number of benzene rings is 4. The van der Waals surface area contributed by atoms with Crippen molar-refractivity contribution in [1.82, 2.24) is 0 Å². The summed E-state index contributed by atoms with van der Waals surface area (Å²) in [5.41, 5.74) is 0.792. The first kappa shape index (κ1) is 25.7. The summed E-state index contributed by atoms with van der Waals surface area (Å²) in [4.78, 5) is 40.4. The van der Waals surface area contributed by atoms with Gasteiger partial charge in [0, 0.05) is 18.4 Å². The van der Waals surface area contributed by atoms with Gasteiger partial charge in [0.2, 0.25) is 17.6 Å². The number of rotatable bonds is 7. The van der Waals surface area contributed by atoms with Crippen LogP contribution in [0.4, 0.5) is 5.69 Å². The molecule has 1 fully saturated rings. The molecule has 0 saturated carbocycles. The number of imide groups is 1. The van der Waals surface area contributed by atoms with Crippen LogP contribution in [0.5, 0.6) is 0 Å². The lowest BCUT2D eigenvalue weighted by Gasteiger charge is -2.27. The molecule has 1 heterocycles. The number of anilines is 1. The van der Waals surface area contributed by atoms with Gasteiger partial charge >= 0.3 is 0 Å². The van der Waals surface area contributed by atoms with E-state index in [1.54, 1.807) is 24.3 Å². The predicted octanol–water partition coefficient (Wildman–Crippen LogP) is 1.52. The zero-order valence-electron chi connectivity index (χ0n) is 19.6. The highest BCUT2D eigenvalue weighted by Gasteiger charge is 2.48. The normalized spacial score (nSPS) is 13.4. The van der Waals surface area contributed by atoms with Crippen LogP contribution < -0.4 is 37.8 Å². The van der Waals surface area contributed by atoms with Crippen LogP contribution in [0.2, 0.25) is 0 Å². The molecule has 0 aromatic heterocycles. The molecule has 36 heavy (non-hydrogen) atoms. The molecule has 4 aromatic rings. The van der Waals surface area contributed by atoms with Crippen molar-refractivity contribution in [3.05, 3.63) is 121 Å². The van der Waals surface area contributed by atoms with Gasteiger partial charge in [0.1, 0.15) is 29.3 Å². The topological polar surface area (TPSA) is 54.5 Å². The molecule has 0 aliphatic carbocycles. The predicted molar refractivity (Wildman–Crippen MR) is 143 cm³/mol.